The van der Waals surface area contributed by atoms with Crippen molar-refractivity contribution in [2.24, 2.45) is 0 Å². The molecule has 0 spiro atoms. The van der Waals surface area contributed by atoms with Gasteiger partial charge in [0, 0.05) is 30.6 Å². The summed E-state index contributed by atoms with van der Waals surface area (Å²) in [5, 5.41) is 12.0. The number of hydrogen-bond donors (Lipinski definition) is 1. The summed E-state index contributed by atoms with van der Waals surface area (Å²) in [4.78, 5) is 12.7. The molecule has 8 heteroatoms. The number of halogens is 1. The van der Waals surface area contributed by atoms with Gasteiger partial charge in [-0.05, 0) is 42.7 Å². The second-order valence-electron chi connectivity index (χ2n) is 6.48. The molecule has 0 aliphatic carbocycles. The second kappa shape index (κ2) is 7.94. The molecule has 0 unspecified atom stereocenters. The number of hydrogen-bond acceptors (Lipinski definition) is 4. The number of amides is 1. The number of rotatable bonds is 6. The molecule has 4 rings (SSSR count). The van der Waals surface area contributed by atoms with Crippen LogP contribution < -0.4 is 5.32 Å². The van der Waals surface area contributed by atoms with Gasteiger partial charge < -0.3 is 14.6 Å². The quantitative estimate of drug-likeness (QED) is 0.708. The number of nitrogens with zero attached hydrogens (tertiary/aromatic N) is 4. The van der Waals surface area contributed by atoms with E-state index in [2.05, 4.69) is 15.6 Å². The van der Waals surface area contributed by atoms with Gasteiger partial charge in [-0.25, -0.2) is 4.68 Å². The first-order chi connectivity index (χ1) is 13.2. The van der Waals surface area contributed by atoms with Gasteiger partial charge in [0.2, 0.25) is 0 Å². The predicted molar refractivity (Wildman–Crippen MR) is 101 cm³/mol. The molecule has 3 heterocycles. The lowest BCUT2D eigenvalue weighted by Gasteiger charge is -2.12. The molecule has 1 aliphatic heterocycles. The van der Waals surface area contributed by atoms with Crippen LogP contribution in [-0.2, 0) is 11.3 Å². The van der Waals surface area contributed by atoms with Gasteiger partial charge in [0.25, 0.3) is 5.91 Å². The van der Waals surface area contributed by atoms with E-state index < -0.39 is 0 Å². The van der Waals surface area contributed by atoms with E-state index in [0.29, 0.717) is 23.9 Å². The van der Waals surface area contributed by atoms with Crippen LogP contribution >= 0.6 is 11.6 Å². The van der Waals surface area contributed by atoms with Crippen LogP contribution in [0.3, 0.4) is 0 Å². The molecule has 27 heavy (non-hydrogen) atoms. The van der Waals surface area contributed by atoms with Gasteiger partial charge >= 0.3 is 0 Å². The summed E-state index contributed by atoms with van der Waals surface area (Å²) in [6, 6.07) is 11.3. The summed E-state index contributed by atoms with van der Waals surface area (Å²) < 4.78 is 9.12. The van der Waals surface area contributed by atoms with Crippen molar-refractivity contribution in [3.63, 3.8) is 0 Å². The van der Waals surface area contributed by atoms with Gasteiger partial charge in [0.15, 0.2) is 11.5 Å². The third kappa shape index (κ3) is 4.04. The fraction of sp³-hybridized carbons (Fsp3) is 0.316. The highest BCUT2D eigenvalue weighted by atomic mass is 35.5. The van der Waals surface area contributed by atoms with Crippen LogP contribution in [0.2, 0.25) is 5.02 Å². The van der Waals surface area contributed by atoms with Crippen molar-refractivity contribution in [3.05, 3.63) is 65.1 Å². The number of aromatic nitrogens is 4. The van der Waals surface area contributed by atoms with E-state index >= 15 is 0 Å². The highest BCUT2D eigenvalue weighted by Gasteiger charge is 2.23. The first-order valence-electron chi connectivity index (χ1n) is 8.92. The molecule has 1 N–H and O–H groups in total. The molecule has 1 atom stereocenters. The Balaban J connectivity index is 1.58. The zero-order valence-electron chi connectivity index (χ0n) is 14.7. The van der Waals surface area contributed by atoms with Crippen molar-refractivity contribution in [1.82, 2.24) is 24.9 Å². The molecule has 140 valence electrons. The van der Waals surface area contributed by atoms with Crippen molar-refractivity contribution in [1.29, 1.82) is 0 Å². The highest BCUT2D eigenvalue weighted by Crippen LogP contribution is 2.17. The summed E-state index contributed by atoms with van der Waals surface area (Å²) in [5.41, 5.74) is 1.31. The molecule has 0 saturated carbocycles. The minimum atomic E-state index is -0.253. The van der Waals surface area contributed by atoms with Gasteiger partial charge in [-0.3, -0.25) is 4.79 Å². The van der Waals surface area contributed by atoms with Crippen LogP contribution in [0.15, 0.2) is 48.8 Å². The summed E-state index contributed by atoms with van der Waals surface area (Å²) in [7, 11) is 0. The molecule has 1 amide bonds. The van der Waals surface area contributed by atoms with Crippen molar-refractivity contribution in [2.75, 3.05) is 13.2 Å². The summed E-state index contributed by atoms with van der Waals surface area (Å²) >= 11 is 5.96. The number of ether oxygens (including phenoxy) is 1. The maximum absolute atomic E-state index is 12.7. The van der Waals surface area contributed by atoms with Gasteiger partial charge in [-0.1, -0.05) is 28.9 Å². The molecule has 0 radical (unpaired) electrons. The van der Waals surface area contributed by atoms with Crippen LogP contribution in [0.4, 0.5) is 0 Å². The second-order valence-corrected chi connectivity index (χ2v) is 6.92. The van der Waals surface area contributed by atoms with E-state index in [4.69, 9.17) is 16.3 Å². The monoisotopic (exact) mass is 385 g/mol. The molecule has 1 fully saturated rings. The molecule has 3 aromatic rings. The lowest BCUT2D eigenvalue weighted by Crippen LogP contribution is -2.32. The fourth-order valence-electron chi connectivity index (χ4n) is 3.15. The molecule has 1 aliphatic rings. The average molecular weight is 386 g/mol. The first kappa shape index (κ1) is 17.8. The van der Waals surface area contributed by atoms with Crippen molar-refractivity contribution < 1.29 is 9.53 Å². The smallest absolute Gasteiger partial charge is 0.275 e. The van der Waals surface area contributed by atoms with Gasteiger partial charge in [0.1, 0.15) is 0 Å². The van der Waals surface area contributed by atoms with Crippen LogP contribution in [0.1, 0.15) is 28.9 Å². The molecule has 1 aromatic carbocycles. The number of benzene rings is 1. The van der Waals surface area contributed by atoms with Crippen molar-refractivity contribution in [2.45, 2.75) is 25.5 Å². The number of carbonyl (C=O) groups excluding carboxylic acids is 1. The van der Waals surface area contributed by atoms with Gasteiger partial charge in [-0.15, -0.1) is 5.10 Å². The Morgan fingerprint density at radius 1 is 1.26 bits per heavy atom. The van der Waals surface area contributed by atoms with Crippen molar-refractivity contribution in [3.8, 4) is 5.82 Å². The maximum atomic E-state index is 12.7. The molecule has 1 saturated heterocycles. The maximum Gasteiger partial charge on any atom is 0.275 e. The van der Waals surface area contributed by atoms with Crippen LogP contribution in [0.5, 0.6) is 0 Å². The largest absolute Gasteiger partial charge is 0.376 e. The minimum Gasteiger partial charge on any atom is -0.376 e. The molecular weight excluding hydrogens is 366 g/mol. The molecule has 2 aromatic heterocycles. The third-order valence-electron chi connectivity index (χ3n) is 4.53. The standard InChI is InChI=1S/C19H20ClN5O2/c20-15-7-5-14(6-8-15)13-25-19(24-9-1-2-10-24)17(22-23-25)18(26)21-12-16-4-3-11-27-16/h1-2,5-10,16H,3-4,11-13H2,(H,21,26)/t16-/m1/s1. The molecular formula is C19H20ClN5O2. The first-order valence-corrected chi connectivity index (χ1v) is 9.29. The summed E-state index contributed by atoms with van der Waals surface area (Å²) in [5.74, 6) is 0.372. The Morgan fingerprint density at radius 3 is 2.74 bits per heavy atom. The zero-order valence-corrected chi connectivity index (χ0v) is 15.5. The fourth-order valence-corrected chi connectivity index (χ4v) is 3.28. The van der Waals surface area contributed by atoms with E-state index in [0.717, 1.165) is 25.0 Å². The number of carbonyl (C=O) groups is 1. The molecule has 7 nitrogen and oxygen atoms in total. The van der Waals surface area contributed by atoms with E-state index in [1.165, 1.54) is 0 Å². The normalized spacial score (nSPS) is 16.6. The Kier molecular flexibility index (Phi) is 5.22. The van der Waals surface area contributed by atoms with E-state index in [-0.39, 0.29) is 17.7 Å². The Labute approximate surface area is 161 Å². The predicted octanol–water partition coefficient (Wildman–Crippen LogP) is 2.68. The molecule has 0 bridgehead atoms. The number of nitrogens with one attached hydrogen (secondary N) is 1. The Morgan fingerprint density at radius 2 is 2.04 bits per heavy atom. The van der Waals surface area contributed by atoms with Crippen LogP contribution in [0.25, 0.3) is 5.82 Å². The van der Waals surface area contributed by atoms with Gasteiger partial charge in [0.05, 0.1) is 12.6 Å². The SMILES string of the molecule is O=C(NC[C@H]1CCCO1)c1nnn(Cc2ccc(Cl)cc2)c1-n1cccc1. The lowest BCUT2D eigenvalue weighted by atomic mass is 10.2. The van der Waals surface area contributed by atoms with E-state index in [9.17, 15) is 4.79 Å². The lowest BCUT2D eigenvalue weighted by molar-refractivity contribution is 0.0853. The van der Waals surface area contributed by atoms with Gasteiger partial charge in [-0.2, -0.15) is 0 Å². The van der Waals surface area contributed by atoms with Crippen LogP contribution in [-0.4, -0.2) is 44.7 Å². The third-order valence-corrected chi connectivity index (χ3v) is 4.78. The van der Waals surface area contributed by atoms with Crippen LogP contribution in [0, 0.1) is 0 Å². The average Bonchev–Trinajstić information content (AvgIpc) is 3.43. The van der Waals surface area contributed by atoms with E-state index in [1.807, 2.05) is 53.4 Å². The van der Waals surface area contributed by atoms with E-state index in [1.54, 1.807) is 4.68 Å². The Bertz CT molecular complexity index is 899. The topological polar surface area (TPSA) is 74.0 Å². The summed E-state index contributed by atoms with van der Waals surface area (Å²) in [6.07, 6.45) is 5.82. The minimum absolute atomic E-state index is 0.0769. The zero-order chi connectivity index (χ0) is 18.6. The van der Waals surface area contributed by atoms with Crippen molar-refractivity contribution >= 4 is 17.5 Å². The highest BCUT2D eigenvalue weighted by molar-refractivity contribution is 6.30. The summed E-state index contributed by atoms with van der Waals surface area (Å²) in [6.45, 7) is 1.72. The Hall–Kier alpha value is -2.64.